The van der Waals surface area contributed by atoms with Crippen molar-refractivity contribution in [1.29, 1.82) is 0 Å². The van der Waals surface area contributed by atoms with E-state index in [2.05, 4.69) is 20.7 Å². The van der Waals surface area contributed by atoms with Crippen molar-refractivity contribution in [2.45, 2.75) is 13.5 Å². The van der Waals surface area contributed by atoms with Crippen LogP contribution >= 0.6 is 11.6 Å². The van der Waals surface area contributed by atoms with Crippen molar-refractivity contribution in [2.24, 2.45) is 0 Å². The lowest BCUT2D eigenvalue weighted by atomic mass is 10.1. The van der Waals surface area contributed by atoms with Crippen molar-refractivity contribution in [1.82, 2.24) is 15.4 Å². The molecule has 0 atom stereocenters. The summed E-state index contributed by atoms with van der Waals surface area (Å²) >= 11 is 5.69. The molecule has 1 N–H and O–H groups in total. The van der Waals surface area contributed by atoms with Crippen LogP contribution in [0, 0.1) is 12.7 Å². The minimum absolute atomic E-state index is 0.319. The van der Waals surface area contributed by atoms with Crippen LogP contribution in [0.4, 0.5) is 10.2 Å². The molecule has 0 spiro atoms. The first kappa shape index (κ1) is 14.5. The lowest BCUT2D eigenvalue weighted by Crippen LogP contribution is -2.03. The molecule has 0 bridgehead atoms. The fraction of sp³-hybridized carbons (Fsp3) is 0.133. The summed E-state index contributed by atoms with van der Waals surface area (Å²) in [5.41, 5.74) is 2.10. The van der Waals surface area contributed by atoms with Crippen LogP contribution in [0.3, 0.4) is 0 Å². The Labute approximate surface area is 131 Å². The second-order valence-electron chi connectivity index (χ2n) is 4.67. The number of anilines is 1. The molecule has 0 saturated carbocycles. The van der Waals surface area contributed by atoms with Gasteiger partial charge >= 0.3 is 0 Å². The first-order chi connectivity index (χ1) is 10.6. The Morgan fingerprint density at radius 2 is 2.09 bits per heavy atom. The molecule has 0 radical (unpaired) electrons. The van der Waals surface area contributed by atoms with Crippen LogP contribution in [-0.2, 0) is 6.54 Å². The van der Waals surface area contributed by atoms with Crippen molar-refractivity contribution in [3.05, 3.63) is 58.7 Å². The Kier molecular flexibility index (Phi) is 4.02. The number of rotatable bonds is 4. The summed E-state index contributed by atoms with van der Waals surface area (Å²) in [5.74, 6) is 0.921. The van der Waals surface area contributed by atoms with Gasteiger partial charge in [0.25, 0.3) is 0 Å². The van der Waals surface area contributed by atoms with Crippen LogP contribution in [0.25, 0.3) is 11.3 Å². The summed E-state index contributed by atoms with van der Waals surface area (Å²) in [7, 11) is 0. The summed E-state index contributed by atoms with van der Waals surface area (Å²) in [4.78, 5) is 0. The highest BCUT2D eigenvalue weighted by Crippen LogP contribution is 2.26. The molecule has 0 saturated heterocycles. The van der Waals surface area contributed by atoms with E-state index in [9.17, 15) is 4.39 Å². The first-order valence-corrected chi connectivity index (χ1v) is 6.95. The van der Waals surface area contributed by atoms with E-state index in [4.69, 9.17) is 16.1 Å². The van der Waals surface area contributed by atoms with Gasteiger partial charge in [-0.15, -0.1) is 10.2 Å². The maximum absolute atomic E-state index is 13.4. The number of nitrogens with one attached hydrogen (secondary N) is 1. The first-order valence-electron chi connectivity index (χ1n) is 6.57. The van der Waals surface area contributed by atoms with Crippen LogP contribution in [0.1, 0.15) is 11.3 Å². The molecule has 0 fully saturated rings. The Hall–Kier alpha value is -2.47. The minimum atomic E-state index is -0.319. The number of nitrogens with zero attached hydrogens (tertiary/aromatic N) is 3. The van der Waals surface area contributed by atoms with Crippen LogP contribution in [0.5, 0.6) is 0 Å². The zero-order valence-electron chi connectivity index (χ0n) is 11.7. The normalized spacial score (nSPS) is 10.7. The third-order valence-electron chi connectivity index (χ3n) is 3.16. The quantitative estimate of drug-likeness (QED) is 0.791. The number of aryl methyl sites for hydroxylation is 1. The van der Waals surface area contributed by atoms with Gasteiger partial charge in [-0.1, -0.05) is 28.9 Å². The predicted octanol–water partition coefficient (Wildman–Crippen LogP) is 3.84. The molecule has 3 rings (SSSR count). The number of aromatic nitrogens is 3. The highest BCUT2D eigenvalue weighted by molar-refractivity contribution is 6.29. The van der Waals surface area contributed by atoms with Gasteiger partial charge in [-0.2, -0.15) is 0 Å². The predicted molar refractivity (Wildman–Crippen MR) is 81.0 cm³/mol. The number of halogens is 2. The fourth-order valence-electron chi connectivity index (χ4n) is 2.05. The van der Waals surface area contributed by atoms with Gasteiger partial charge in [0.05, 0.1) is 0 Å². The summed E-state index contributed by atoms with van der Waals surface area (Å²) in [5, 5.41) is 15.1. The standard InChI is InChI=1S/C15H12ClFN4O/c1-9-12(8-18-14-6-5-13(16)19-20-14)15(21-22-9)10-3-2-4-11(17)7-10/h2-7H,8H2,1H3,(H,18,20). The average molecular weight is 319 g/mol. The van der Waals surface area contributed by atoms with E-state index in [1.807, 2.05) is 0 Å². The Bertz CT molecular complexity index is 788. The molecule has 7 heteroatoms. The van der Waals surface area contributed by atoms with Gasteiger partial charge in [0.1, 0.15) is 23.1 Å². The molecule has 0 aliphatic heterocycles. The van der Waals surface area contributed by atoms with E-state index in [-0.39, 0.29) is 5.82 Å². The van der Waals surface area contributed by atoms with Gasteiger partial charge in [-0.25, -0.2) is 4.39 Å². The SMILES string of the molecule is Cc1onc(-c2cccc(F)c2)c1CNc1ccc(Cl)nn1. The number of hydrogen-bond acceptors (Lipinski definition) is 5. The molecular formula is C15H12ClFN4O. The molecule has 2 heterocycles. The van der Waals surface area contributed by atoms with Crippen molar-refractivity contribution in [3.8, 4) is 11.3 Å². The summed E-state index contributed by atoms with van der Waals surface area (Å²) < 4.78 is 18.6. The Morgan fingerprint density at radius 3 is 2.82 bits per heavy atom. The maximum Gasteiger partial charge on any atom is 0.151 e. The van der Waals surface area contributed by atoms with Gasteiger partial charge in [-0.05, 0) is 31.2 Å². The molecule has 22 heavy (non-hydrogen) atoms. The van der Waals surface area contributed by atoms with Crippen molar-refractivity contribution < 1.29 is 8.91 Å². The van der Waals surface area contributed by atoms with Crippen molar-refractivity contribution >= 4 is 17.4 Å². The smallest absolute Gasteiger partial charge is 0.151 e. The van der Waals surface area contributed by atoms with E-state index in [0.29, 0.717) is 34.5 Å². The largest absolute Gasteiger partial charge is 0.364 e. The van der Waals surface area contributed by atoms with Crippen LogP contribution in [0.15, 0.2) is 40.9 Å². The van der Waals surface area contributed by atoms with Gasteiger partial charge < -0.3 is 9.84 Å². The van der Waals surface area contributed by atoms with Crippen molar-refractivity contribution in [2.75, 3.05) is 5.32 Å². The molecule has 0 aliphatic rings. The van der Waals surface area contributed by atoms with E-state index in [1.165, 1.54) is 12.1 Å². The molecule has 0 aliphatic carbocycles. The second-order valence-corrected chi connectivity index (χ2v) is 5.06. The summed E-state index contributed by atoms with van der Waals surface area (Å²) in [6.45, 7) is 2.23. The van der Waals surface area contributed by atoms with E-state index < -0.39 is 0 Å². The summed E-state index contributed by atoms with van der Waals surface area (Å²) in [6.07, 6.45) is 0. The fourth-order valence-corrected chi connectivity index (χ4v) is 2.15. The molecular weight excluding hydrogens is 307 g/mol. The average Bonchev–Trinajstić information content (AvgIpc) is 2.88. The number of benzene rings is 1. The van der Waals surface area contributed by atoms with Gasteiger partial charge in [0.2, 0.25) is 0 Å². The highest BCUT2D eigenvalue weighted by Gasteiger charge is 2.15. The van der Waals surface area contributed by atoms with Crippen LogP contribution in [0.2, 0.25) is 5.15 Å². The molecule has 112 valence electrons. The van der Waals surface area contributed by atoms with E-state index in [0.717, 1.165) is 5.56 Å². The van der Waals surface area contributed by atoms with Crippen molar-refractivity contribution in [3.63, 3.8) is 0 Å². The third-order valence-corrected chi connectivity index (χ3v) is 3.36. The molecule has 2 aromatic heterocycles. The Balaban J connectivity index is 1.85. The van der Waals surface area contributed by atoms with E-state index >= 15 is 0 Å². The number of hydrogen-bond donors (Lipinski definition) is 1. The van der Waals surface area contributed by atoms with Gasteiger partial charge in [0.15, 0.2) is 5.15 Å². The zero-order valence-corrected chi connectivity index (χ0v) is 12.4. The zero-order chi connectivity index (χ0) is 15.5. The maximum atomic E-state index is 13.4. The second kappa shape index (κ2) is 6.11. The molecule has 5 nitrogen and oxygen atoms in total. The lowest BCUT2D eigenvalue weighted by Gasteiger charge is -2.06. The lowest BCUT2D eigenvalue weighted by molar-refractivity contribution is 0.398. The molecule has 0 unspecified atom stereocenters. The molecule has 3 aromatic rings. The third kappa shape index (κ3) is 3.07. The highest BCUT2D eigenvalue weighted by atomic mass is 35.5. The Morgan fingerprint density at radius 1 is 1.23 bits per heavy atom. The minimum Gasteiger partial charge on any atom is -0.364 e. The monoisotopic (exact) mass is 318 g/mol. The van der Waals surface area contributed by atoms with Gasteiger partial charge in [-0.3, -0.25) is 0 Å². The van der Waals surface area contributed by atoms with Crippen LogP contribution in [-0.4, -0.2) is 15.4 Å². The molecule has 0 amide bonds. The topological polar surface area (TPSA) is 63.8 Å². The van der Waals surface area contributed by atoms with Crippen LogP contribution < -0.4 is 5.32 Å². The van der Waals surface area contributed by atoms with Gasteiger partial charge in [0, 0.05) is 17.7 Å². The van der Waals surface area contributed by atoms with E-state index in [1.54, 1.807) is 31.2 Å². The molecule has 1 aromatic carbocycles. The summed E-state index contributed by atoms with van der Waals surface area (Å²) in [6, 6.07) is 9.59.